The molecule has 0 aliphatic rings. The number of carbonyl (C=O) groups excluding carboxylic acids is 1. The lowest BCUT2D eigenvalue weighted by Gasteiger charge is -2.09. The highest BCUT2D eigenvalue weighted by Gasteiger charge is 2.38. The number of nitrogens with one attached hydrogen (secondary N) is 1. The molecule has 104 valence electrons. The fourth-order valence-electron chi connectivity index (χ4n) is 1.09. The zero-order chi connectivity index (χ0) is 14.5. The molecule has 0 aliphatic carbocycles. The Morgan fingerprint density at radius 3 is 2.26 bits per heavy atom. The summed E-state index contributed by atoms with van der Waals surface area (Å²) in [6, 6.07) is 5.10. The standard InChI is InChI=1S/C11H10F3NO4/c12-11(13,14)10(18)15-7-1-3-8(4-2-7)19-6-5-9(16)17/h1-4H,5-6H2,(H,15,18)(H,16,17). The summed E-state index contributed by atoms with van der Waals surface area (Å²) in [5.74, 6) is -2.78. The Balaban J connectivity index is 2.52. The highest BCUT2D eigenvalue weighted by atomic mass is 19.4. The molecule has 0 fully saturated rings. The van der Waals surface area contributed by atoms with Gasteiger partial charge in [-0.15, -0.1) is 0 Å². The molecule has 0 aliphatic heterocycles. The second kappa shape index (κ2) is 6.07. The Kier molecular flexibility index (Phi) is 4.74. The van der Waals surface area contributed by atoms with Crippen LogP contribution in [0.4, 0.5) is 18.9 Å². The first-order chi connectivity index (χ1) is 8.79. The van der Waals surface area contributed by atoms with Crippen LogP contribution in [0, 0.1) is 0 Å². The fourth-order valence-corrected chi connectivity index (χ4v) is 1.09. The smallest absolute Gasteiger partial charge is 0.471 e. The number of carboxylic acids is 1. The van der Waals surface area contributed by atoms with E-state index in [9.17, 15) is 22.8 Å². The Labute approximate surface area is 106 Å². The molecule has 0 aromatic heterocycles. The predicted molar refractivity (Wildman–Crippen MR) is 58.9 cm³/mol. The molecule has 0 unspecified atom stereocenters. The predicted octanol–water partition coefficient (Wildman–Crippen LogP) is 2.04. The van der Waals surface area contributed by atoms with Gasteiger partial charge < -0.3 is 15.2 Å². The lowest BCUT2D eigenvalue weighted by molar-refractivity contribution is -0.167. The van der Waals surface area contributed by atoms with Crippen LogP contribution in [0.15, 0.2) is 24.3 Å². The highest BCUT2D eigenvalue weighted by molar-refractivity contribution is 5.94. The van der Waals surface area contributed by atoms with Gasteiger partial charge in [0.25, 0.3) is 0 Å². The Bertz CT molecular complexity index is 456. The number of alkyl halides is 3. The molecule has 1 aromatic rings. The molecule has 1 rings (SSSR count). The minimum absolute atomic E-state index is 0.0343. The summed E-state index contributed by atoms with van der Waals surface area (Å²) in [7, 11) is 0. The van der Waals surface area contributed by atoms with Gasteiger partial charge in [-0.2, -0.15) is 13.2 Å². The van der Waals surface area contributed by atoms with Crippen LogP contribution in [-0.2, 0) is 9.59 Å². The van der Waals surface area contributed by atoms with Crippen molar-refractivity contribution in [1.29, 1.82) is 0 Å². The quantitative estimate of drug-likeness (QED) is 0.863. The maximum absolute atomic E-state index is 12.0. The summed E-state index contributed by atoms with van der Waals surface area (Å²) >= 11 is 0. The van der Waals surface area contributed by atoms with E-state index >= 15 is 0 Å². The van der Waals surface area contributed by atoms with Crippen molar-refractivity contribution in [1.82, 2.24) is 0 Å². The van der Waals surface area contributed by atoms with E-state index in [4.69, 9.17) is 9.84 Å². The van der Waals surface area contributed by atoms with Crippen LogP contribution in [0.3, 0.4) is 0 Å². The first kappa shape index (κ1) is 14.8. The van der Waals surface area contributed by atoms with Gasteiger partial charge in [-0.1, -0.05) is 0 Å². The van der Waals surface area contributed by atoms with Crippen molar-refractivity contribution in [2.45, 2.75) is 12.6 Å². The second-order valence-electron chi connectivity index (χ2n) is 3.47. The van der Waals surface area contributed by atoms with E-state index in [1.54, 1.807) is 5.32 Å². The molecule has 0 bridgehead atoms. The molecule has 1 amide bonds. The average molecular weight is 277 g/mol. The molecule has 0 atom stereocenters. The van der Waals surface area contributed by atoms with E-state index in [-0.39, 0.29) is 18.7 Å². The Morgan fingerprint density at radius 2 is 1.79 bits per heavy atom. The number of hydrogen-bond acceptors (Lipinski definition) is 3. The van der Waals surface area contributed by atoms with Crippen molar-refractivity contribution in [2.24, 2.45) is 0 Å². The van der Waals surface area contributed by atoms with E-state index < -0.39 is 18.1 Å². The molecule has 19 heavy (non-hydrogen) atoms. The second-order valence-corrected chi connectivity index (χ2v) is 3.47. The van der Waals surface area contributed by atoms with Gasteiger partial charge in [-0.25, -0.2) is 0 Å². The molecule has 2 N–H and O–H groups in total. The molecular formula is C11H10F3NO4. The van der Waals surface area contributed by atoms with Crippen LogP contribution < -0.4 is 10.1 Å². The summed E-state index contributed by atoms with van der Waals surface area (Å²) < 4.78 is 40.9. The number of hydrogen-bond donors (Lipinski definition) is 2. The van der Waals surface area contributed by atoms with Gasteiger partial charge in [0.1, 0.15) is 5.75 Å². The SMILES string of the molecule is O=C(O)CCOc1ccc(NC(=O)C(F)(F)F)cc1. The zero-order valence-corrected chi connectivity index (χ0v) is 9.53. The van der Waals surface area contributed by atoms with Gasteiger partial charge >= 0.3 is 18.1 Å². The van der Waals surface area contributed by atoms with E-state index in [0.29, 0.717) is 5.75 Å². The molecule has 0 spiro atoms. The van der Waals surface area contributed by atoms with Crippen LogP contribution in [-0.4, -0.2) is 29.8 Å². The number of aliphatic carboxylic acids is 1. The summed E-state index contributed by atoms with van der Waals surface area (Å²) in [4.78, 5) is 20.9. The van der Waals surface area contributed by atoms with Crippen molar-refractivity contribution in [3.05, 3.63) is 24.3 Å². The first-order valence-corrected chi connectivity index (χ1v) is 5.12. The lowest BCUT2D eigenvalue weighted by Crippen LogP contribution is -2.29. The van der Waals surface area contributed by atoms with Gasteiger partial charge in [0.15, 0.2) is 0 Å². The summed E-state index contributed by atoms with van der Waals surface area (Å²) in [5, 5.41) is 10.0. The molecule has 0 saturated heterocycles. The summed E-state index contributed by atoms with van der Waals surface area (Å²) in [6.45, 7) is -0.0520. The molecule has 1 aromatic carbocycles. The van der Waals surface area contributed by atoms with Gasteiger partial charge in [-0.3, -0.25) is 9.59 Å². The van der Waals surface area contributed by atoms with Crippen LogP contribution in [0.25, 0.3) is 0 Å². The van der Waals surface area contributed by atoms with Crippen molar-refractivity contribution in [3.8, 4) is 5.75 Å². The van der Waals surface area contributed by atoms with Crippen molar-refractivity contribution in [3.63, 3.8) is 0 Å². The van der Waals surface area contributed by atoms with Crippen molar-refractivity contribution in [2.75, 3.05) is 11.9 Å². The van der Waals surface area contributed by atoms with Crippen LogP contribution in [0.5, 0.6) is 5.75 Å². The number of carboxylic acid groups (broad SMARTS) is 1. The molecule has 5 nitrogen and oxygen atoms in total. The maximum atomic E-state index is 12.0. The monoisotopic (exact) mass is 277 g/mol. The fraction of sp³-hybridized carbons (Fsp3) is 0.273. The van der Waals surface area contributed by atoms with Crippen LogP contribution in [0.2, 0.25) is 0 Å². The number of rotatable bonds is 5. The third-order valence-corrected chi connectivity index (χ3v) is 1.95. The number of anilines is 1. The van der Waals surface area contributed by atoms with E-state index in [0.717, 1.165) is 0 Å². The molecule has 0 radical (unpaired) electrons. The summed E-state index contributed by atoms with van der Waals surface area (Å²) in [5.41, 5.74) is -0.0343. The number of ether oxygens (including phenoxy) is 1. The normalized spacial score (nSPS) is 10.9. The van der Waals surface area contributed by atoms with Gasteiger partial charge in [0.2, 0.25) is 0 Å². The number of amides is 1. The lowest BCUT2D eigenvalue weighted by atomic mass is 10.3. The van der Waals surface area contributed by atoms with Gasteiger partial charge in [-0.05, 0) is 24.3 Å². The molecule has 8 heteroatoms. The van der Waals surface area contributed by atoms with Crippen molar-refractivity contribution >= 4 is 17.6 Å². The topological polar surface area (TPSA) is 75.6 Å². The Morgan fingerprint density at radius 1 is 1.21 bits per heavy atom. The average Bonchev–Trinajstić information content (AvgIpc) is 2.29. The van der Waals surface area contributed by atoms with E-state index in [1.807, 2.05) is 0 Å². The zero-order valence-electron chi connectivity index (χ0n) is 9.53. The van der Waals surface area contributed by atoms with Crippen LogP contribution >= 0.6 is 0 Å². The van der Waals surface area contributed by atoms with Gasteiger partial charge in [0, 0.05) is 5.69 Å². The van der Waals surface area contributed by atoms with Gasteiger partial charge in [0.05, 0.1) is 13.0 Å². The summed E-state index contributed by atoms with van der Waals surface area (Å²) in [6.07, 6.45) is -5.14. The molecule has 0 saturated carbocycles. The van der Waals surface area contributed by atoms with Crippen LogP contribution in [0.1, 0.15) is 6.42 Å². The molecule has 0 heterocycles. The number of benzene rings is 1. The number of carbonyl (C=O) groups is 2. The highest BCUT2D eigenvalue weighted by Crippen LogP contribution is 2.20. The van der Waals surface area contributed by atoms with E-state index in [2.05, 4.69) is 0 Å². The maximum Gasteiger partial charge on any atom is 0.471 e. The minimum Gasteiger partial charge on any atom is -0.493 e. The van der Waals surface area contributed by atoms with Crippen molar-refractivity contribution < 1.29 is 32.6 Å². The third kappa shape index (κ3) is 5.28. The third-order valence-electron chi connectivity index (χ3n) is 1.95. The molecular weight excluding hydrogens is 267 g/mol. The van der Waals surface area contributed by atoms with E-state index in [1.165, 1.54) is 24.3 Å². The largest absolute Gasteiger partial charge is 0.493 e. The minimum atomic E-state index is -4.95. The number of halogens is 3. The first-order valence-electron chi connectivity index (χ1n) is 5.12. The Hall–Kier alpha value is -2.25.